The highest BCUT2D eigenvalue weighted by Crippen LogP contribution is 2.15. The minimum absolute atomic E-state index is 0.0516. The van der Waals surface area contributed by atoms with Crippen LogP contribution in [0.1, 0.15) is 15.9 Å². The van der Waals surface area contributed by atoms with E-state index in [1.807, 2.05) is 25.1 Å². The van der Waals surface area contributed by atoms with E-state index in [2.05, 4.69) is 5.32 Å². The summed E-state index contributed by atoms with van der Waals surface area (Å²) in [5.74, 6) is -0.948. The summed E-state index contributed by atoms with van der Waals surface area (Å²) in [7, 11) is 0. The third kappa shape index (κ3) is 2.50. The molecule has 0 aliphatic heterocycles. The van der Waals surface area contributed by atoms with Crippen molar-refractivity contribution in [2.24, 2.45) is 0 Å². The van der Waals surface area contributed by atoms with Gasteiger partial charge in [-0.05, 0) is 30.7 Å². The van der Waals surface area contributed by atoms with Crippen LogP contribution in [0.25, 0.3) is 0 Å². The van der Waals surface area contributed by atoms with Crippen LogP contribution in [0.3, 0.4) is 0 Å². The Morgan fingerprint density at radius 3 is 2.41 bits per heavy atom. The van der Waals surface area contributed by atoms with Gasteiger partial charge in [-0.25, -0.2) is 4.39 Å². The molecule has 1 amide bonds. The van der Waals surface area contributed by atoms with Gasteiger partial charge in [-0.1, -0.05) is 30.3 Å². The highest BCUT2D eigenvalue weighted by molar-refractivity contribution is 6.04. The van der Waals surface area contributed by atoms with E-state index in [0.717, 1.165) is 5.56 Å². The van der Waals surface area contributed by atoms with Crippen LogP contribution >= 0.6 is 0 Å². The number of benzene rings is 2. The Kier molecular flexibility index (Phi) is 3.19. The number of carbonyl (C=O) groups is 1. The monoisotopic (exact) mass is 229 g/mol. The Balaban J connectivity index is 2.24. The maximum atomic E-state index is 13.4. The van der Waals surface area contributed by atoms with E-state index in [9.17, 15) is 9.18 Å². The second-order valence-corrected chi connectivity index (χ2v) is 3.75. The number of carbonyl (C=O) groups excluding carboxylic acids is 1. The zero-order valence-electron chi connectivity index (χ0n) is 9.41. The smallest absolute Gasteiger partial charge is 0.258 e. The van der Waals surface area contributed by atoms with Crippen LogP contribution in [0.2, 0.25) is 0 Å². The Labute approximate surface area is 99.1 Å². The molecule has 2 nitrogen and oxygen atoms in total. The van der Waals surface area contributed by atoms with E-state index in [-0.39, 0.29) is 5.56 Å². The third-order valence-corrected chi connectivity index (χ3v) is 2.51. The Morgan fingerprint density at radius 1 is 1.06 bits per heavy atom. The van der Waals surface area contributed by atoms with E-state index in [0.29, 0.717) is 5.69 Å². The number of anilines is 1. The molecule has 0 bridgehead atoms. The summed E-state index contributed by atoms with van der Waals surface area (Å²) < 4.78 is 13.4. The molecule has 0 spiro atoms. The zero-order valence-corrected chi connectivity index (χ0v) is 9.41. The predicted molar refractivity (Wildman–Crippen MR) is 65.5 cm³/mol. The molecule has 0 aliphatic rings. The maximum absolute atomic E-state index is 13.4. The summed E-state index contributed by atoms with van der Waals surface area (Å²) in [6, 6.07) is 13.3. The third-order valence-electron chi connectivity index (χ3n) is 2.51. The first-order valence-electron chi connectivity index (χ1n) is 5.30. The molecule has 0 saturated carbocycles. The van der Waals surface area contributed by atoms with E-state index in [1.165, 1.54) is 12.1 Å². The second kappa shape index (κ2) is 4.78. The average Bonchev–Trinajstić information content (AvgIpc) is 2.32. The van der Waals surface area contributed by atoms with Gasteiger partial charge in [-0.3, -0.25) is 4.79 Å². The van der Waals surface area contributed by atoms with Crippen molar-refractivity contribution < 1.29 is 9.18 Å². The number of amides is 1. The first-order chi connectivity index (χ1) is 8.18. The van der Waals surface area contributed by atoms with Crippen LogP contribution < -0.4 is 5.32 Å². The fraction of sp³-hybridized carbons (Fsp3) is 0.0714. The number of aryl methyl sites for hydroxylation is 1. The van der Waals surface area contributed by atoms with Gasteiger partial charge in [-0.15, -0.1) is 0 Å². The van der Waals surface area contributed by atoms with Crippen molar-refractivity contribution in [1.82, 2.24) is 0 Å². The summed E-state index contributed by atoms with van der Waals surface area (Å²) >= 11 is 0. The van der Waals surface area contributed by atoms with Gasteiger partial charge in [0.2, 0.25) is 0 Å². The Bertz CT molecular complexity index is 551. The van der Waals surface area contributed by atoms with Crippen LogP contribution in [0.5, 0.6) is 0 Å². The van der Waals surface area contributed by atoms with Gasteiger partial charge < -0.3 is 5.32 Å². The molecule has 0 fully saturated rings. The highest BCUT2D eigenvalue weighted by atomic mass is 19.1. The lowest BCUT2D eigenvalue weighted by atomic mass is 10.1. The SMILES string of the molecule is Cc1ccccc1NC(=O)c1ccccc1F. The molecule has 0 aromatic heterocycles. The topological polar surface area (TPSA) is 29.1 Å². The molecule has 0 aliphatic carbocycles. The lowest BCUT2D eigenvalue weighted by Gasteiger charge is -2.08. The number of rotatable bonds is 2. The van der Waals surface area contributed by atoms with Crippen LogP contribution in [0, 0.1) is 12.7 Å². The lowest BCUT2D eigenvalue weighted by Crippen LogP contribution is -2.14. The van der Waals surface area contributed by atoms with Gasteiger partial charge in [0, 0.05) is 5.69 Å². The molecular formula is C14H12FNO. The minimum atomic E-state index is -0.515. The van der Waals surface area contributed by atoms with Gasteiger partial charge in [0.1, 0.15) is 5.82 Å². The number of nitrogens with one attached hydrogen (secondary N) is 1. The van der Waals surface area contributed by atoms with Gasteiger partial charge in [0.25, 0.3) is 5.91 Å². The Morgan fingerprint density at radius 2 is 1.71 bits per heavy atom. The summed E-state index contributed by atoms with van der Waals surface area (Å²) in [6.45, 7) is 1.89. The van der Waals surface area contributed by atoms with Crippen LogP contribution in [-0.2, 0) is 0 Å². The van der Waals surface area contributed by atoms with Gasteiger partial charge in [0.15, 0.2) is 0 Å². The van der Waals surface area contributed by atoms with Crippen molar-refractivity contribution in [2.75, 3.05) is 5.32 Å². The molecule has 1 N–H and O–H groups in total. The fourth-order valence-corrected chi connectivity index (χ4v) is 1.55. The van der Waals surface area contributed by atoms with Crippen molar-refractivity contribution in [3.05, 3.63) is 65.5 Å². The summed E-state index contributed by atoms with van der Waals surface area (Å²) in [5, 5.41) is 2.69. The first-order valence-corrected chi connectivity index (χ1v) is 5.30. The molecule has 3 heteroatoms. The standard InChI is InChI=1S/C14H12FNO/c1-10-6-2-5-9-13(10)16-14(17)11-7-3-4-8-12(11)15/h2-9H,1H3,(H,16,17). The van der Waals surface area contributed by atoms with Gasteiger partial charge in [0.05, 0.1) is 5.56 Å². The summed E-state index contributed by atoms with van der Waals surface area (Å²) in [4.78, 5) is 11.8. The van der Waals surface area contributed by atoms with Crippen molar-refractivity contribution in [3.8, 4) is 0 Å². The molecule has 0 saturated heterocycles. The molecule has 0 heterocycles. The lowest BCUT2D eigenvalue weighted by molar-refractivity contribution is 0.102. The summed E-state index contributed by atoms with van der Waals surface area (Å²) in [6.07, 6.45) is 0. The van der Waals surface area contributed by atoms with Crippen LogP contribution in [-0.4, -0.2) is 5.91 Å². The van der Waals surface area contributed by atoms with E-state index in [1.54, 1.807) is 18.2 Å². The normalized spacial score (nSPS) is 10.0. The molecule has 0 atom stereocenters. The van der Waals surface area contributed by atoms with E-state index < -0.39 is 11.7 Å². The molecule has 0 unspecified atom stereocenters. The largest absolute Gasteiger partial charge is 0.322 e. The minimum Gasteiger partial charge on any atom is -0.322 e. The van der Waals surface area contributed by atoms with Crippen LogP contribution in [0.4, 0.5) is 10.1 Å². The predicted octanol–water partition coefficient (Wildman–Crippen LogP) is 3.39. The zero-order chi connectivity index (χ0) is 12.3. The first kappa shape index (κ1) is 11.3. The van der Waals surface area contributed by atoms with Crippen molar-refractivity contribution >= 4 is 11.6 Å². The molecule has 2 aromatic carbocycles. The molecule has 86 valence electrons. The molecule has 17 heavy (non-hydrogen) atoms. The number of hydrogen-bond acceptors (Lipinski definition) is 1. The Hall–Kier alpha value is -2.16. The second-order valence-electron chi connectivity index (χ2n) is 3.75. The molecule has 2 aromatic rings. The average molecular weight is 229 g/mol. The maximum Gasteiger partial charge on any atom is 0.258 e. The summed E-state index contributed by atoms with van der Waals surface area (Å²) in [5.41, 5.74) is 1.69. The van der Waals surface area contributed by atoms with Crippen molar-refractivity contribution in [2.45, 2.75) is 6.92 Å². The van der Waals surface area contributed by atoms with Crippen molar-refractivity contribution in [3.63, 3.8) is 0 Å². The fourth-order valence-electron chi connectivity index (χ4n) is 1.55. The molecular weight excluding hydrogens is 217 g/mol. The highest BCUT2D eigenvalue weighted by Gasteiger charge is 2.11. The van der Waals surface area contributed by atoms with Crippen LogP contribution in [0.15, 0.2) is 48.5 Å². The van der Waals surface area contributed by atoms with Crippen molar-refractivity contribution in [1.29, 1.82) is 0 Å². The quantitative estimate of drug-likeness (QED) is 0.840. The number of para-hydroxylation sites is 1. The van der Waals surface area contributed by atoms with E-state index >= 15 is 0 Å². The molecule has 0 radical (unpaired) electrons. The van der Waals surface area contributed by atoms with E-state index in [4.69, 9.17) is 0 Å². The molecule has 2 rings (SSSR count). The number of hydrogen-bond donors (Lipinski definition) is 1. The van der Waals surface area contributed by atoms with Gasteiger partial charge in [-0.2, -0.15) is 0 Å². The van der Waals surface area contributed by atoms with Gasteiger partial charge >= 0.3 is 0 Å². The number of halogens is 1.